The summed E-state index contributed by atoms with van der Waals surface area (Å²) < 4.78 is 3.70. The zero-order valence-corrected chi connectivity index (χ0v) is 21.1. The number of nitrogens with one attached hydrogen (secondary N) is 1. The molecule has 2 aromatic heterocycles. The molecule has 1 aliphatic carbocycles. The van der Waals surface area contributed by atoms with Crippen molar-refractivity contribution >= 4 is 0 Å². The molecule has 5 rings (SSSR count). The largest absolute Gasteiger partial charge is 0.346 e. The Morgan fingerprint density at radius 1 is 0.944 bits per heavy atom. The highest BCUT2D eigenvalue weighted by molar-refractivity contribution is 5.80. The number of nitrogens with zero attached hydrogens (tertiary/aromatic N) is 6. The zero-order valence-electron chi connectivity index (χ0n) is 21.1. The van der Waals surface area contributed by atoms with Gasteiger partial charge in [0.2, 0.25) is 5.82 Å². The molecule has 2 aromatic carbocycles. The Morgan fingerprint density at radius 2 is 1.72 bits per heavy atom. The highest BCUT2D eigenvalue weighted by Gasteiger charge is 2.22. The molecule has 0 saturated heterocycles. The van der Waals surface area contributed by atoms with E-state index in [1.54, 1.807) is 4.68 Å². The lowest BCUT2D eigenvalue weighted by Gasteiger charge is -2.20. The Bertz CT molecular complexity index is 1300. The number of rotatable bonds is 10. The third-order valence-corrected chi connectivity index (χ3v) is 7.26. The Morgan fingerprint density at radius 3 is 2.44 bits per heavy atom. The first kappa shape index (κ1) is 24.2. The van der Waals surface area contributed by atoms with Crippen molar-refractivity contribution in [1.29, 1.82) is 0 Å². The Labute approximate surface area is 211 Å². The van der Waals surface area contributed by atoms with Gasteiger partial charge in [-0.3, -0.25) is 4.57 Å². The number of benzene rings is 2. The molecule has 2 heterocycles. The van der Waals surface area contributed by atoms with Crippen molar-refractivity contribution in [2.75, 3.05) is 0 Å². The van der Waals surface area contributed by atoms with Gasteiger partial charge in [0.15, 0.2) is 0 Å². The third-order valence-electron chi connectivity index (χ3n) is 7.26. The van der Waals surface area contributed by atoms with Crippen LogP contribution >= 0.6 is 0 Å². The van der Waals surface area contributed by atoms with Crippen molar-refractivity contribution in [1.82, 2.24) is 35.0 Å². The lowest BCUT2D eigenvalue weighted by molar-refractivity contribution is 0.319. The summed E-state index contributed by atoms with van der Waals surface area (Å²) in [6, 6.07) is 16.7. The summed E-state index contributed by atoms with van der Waals surface area (Å²) in [6.45, 7) is 2.76. The second-order valence-corrected chi connectivity index (χ2v) is 9.81. The molecule has 36 heavy (non-hydrogen) atoms. The van der Waals surface area contributed by atoms with Crippen LogP contribution in [0.5, 0.6) is 0 Å². The van der Waals surface area contributed by atoms with Gasteiger partial charge >= 0.3 is 5.69 Å². The molecular weight excluding hydrogens is 450 g/mol. The average molecular weight is 486 g/mol. The van der Waals surface area contributed by atoms with Crippen molar-refractivity contribution in [2.24, 2.45) is 0 Å². The van der Waals surface area contributed by atoms with Crippen LogP contribution in [-0.4, -0.2) is 35.0 Å². The minimum absolute atomic E-state index is 0.0407. The molecule has 0 unspecified atom stereocenters. The topological polar surface area (TPSA) is 94.3 Å². The van der Waals surface area contributed by atoms with Crippen molar-refractivity contribution in [3.05, 3.63) is 70.4 Å². The van der Waals surface area contributed by atoms with Gasteiger partial charge in [-0.2, -0.15) is 10.3 Å². The predicted octanol–water partition coefficient (Wildman–Crippen LogP) is 5.57. The van der Waals surface area contributed by atoms with E-state index in [1.807, 2.05) is 22.8 Å². The van der Waals surface area contributed by atoms with Crippen LogP contribution in [0.1, 0.15) is 82.1 Å². The Kier molecular flexibility index (Phi) is 7.69. The number of aryl methyl sites for hydroxylation is 1. The maximum absolute atomic E-state index is 13.5. The van der Waals surface area contributed by atoms with Crippen LogP contribution in [0.15, 0.2) is 53.3 Å². The van der Waals surface area contributed by atoms with E-state index in [4.69, 9.17) is 5.10 Å². The fourth-order valence-corrected chi connectivity index (χ4v) is 5.25. The fourth-order valence-electron chi connectivity index (χ4n) is 5.25. The highest BCUT2D eigenvalue weighted by atomic mass is 16.2. The number of aromatic nitrogens is 7. The first-order valence-electron chi connectivity index (χ1n) is 13.3. The molecule has 1 aliphatic rings. The highest BCUT2D eigenvalue weighted by Crippen LogP contribution is 2.30. The lowest BCUT2D eigenvalue weighted by atomic mass is 9.96. The summed E-state index contributed by atoms with van der Waals surface area (Å²) in [5.74, 6) is 1.50. The van der Waals surface area contributed by atoms with Crippen LogP contribution in [0.25, 0.3) is 22.5 Å². The molecule has 4 aromatic rings. The first-order chi connectivity index (χ1) is 17.7. The van der Waals surface area contributed by atoms with E-state index in [0.29, 0.717) is 12.4 Å². The summed E-state index contributed by atoms with van der Waals surface area (Å²) in [5, 5.41) is 19.4. The second kappa shape index (κ2) is 11.5. The zero-order chi connectivity index (χ0) is 24.7. The molecule has 1 N–H and O–H groups in total. The molecule has 0 radical (unpaired) electrons. The maximum Gasteiger partial charge on any atom is 0.346 e. The number of unbranched alkanes of at least 4 members (excludes halogenated alkanes) is 3. The van der Waals surface area contributed by atoms with Gasteiger partial charge in [0.05, 0.1) is 12.6 Å². The Balaban J connectivity index is 1.40. The predicted molar refractivity (Wildman–Crippen MR) is 141 cm³/mol. The molecule has 0 amide bonds. The van der Waals surface area contributed by atoms with Crippen LogP contribution in [0.2, 0.25) is 0 Å². The average Bonchev–Trinajstić information content (AvgIpc) is 3.57. The van der Waals surface area contributed by atoms with E-state index in [9.17, 15) is 4.79 Å². The minimum atomic E-state index is 0.0407. The van der Waals surface area contributed by atoms with Crippen LogP contribution in [0, 0.1) is 0 Å². The monoisotopic (exact) mass is 485 g/mol. The van der Waals surface area contributed by atoms with E-state index in [2.05, 4.69) is 57.9 Å². The van der Waals surface area contributed by atoms with Crippen LogP contribution in [0.3, 0.4) is 0 Å². The van der Waals surface area contributed by atoms with Gasteiger partial charge in [-0.25, -0.2) is 9.48 Å². The van der Waals surface area contributed by atoms with E-state index >= 15 is 0 Å². The summed E-state index contributed by atoms with van der Waals surface area (Å²) in [7, 11) is 0. The van der Waals surface area contributed by atoms with Gasteiger partial charge in [0.1, 0.15) is 5.82 Å². The van der Waals surface area contributed by atoms with Crippen LogP contribution < -0.4 is 5.69 Å². The van der Waals surface area contributed by atoms with Crippen molar-refractivity contribution in [3.63, 3.8) is 0 Å². The van der Waals surface area contributed by atoms with Crippen LogP contribution in [0.4, 0.5) is 0 Å². The summed E-state index contributed by atoms with van der Waals surface area (Å²) in [4.78, 5) is 13.5. The SMILES string of the molecule is CCCCCCc1nn(C2CCCCC2)c(=O)n1Cc1ccc(-c2ccccc2-c2nn[nH]n2)cc1. The van der Waals surface area contributed by atoms with Gasteiger partial charge < -0.3 is 0 Å². The minimum Gasteiger partial charge on any atom is -0.274 e. The second-order valence-electron chi connectivity index (χ2n) is 9.81. The summed E-state index contributed by atoms with van der Waals surface area (Å²) in [5.41, 5.74) is 4.18. The number of H-pyrrole nitrogens is 1. The molecule has 8 heteroatoms. The van der Waals surface area contributed by atoms with E-state index < -0.39 is 0 Å². The smallest absolute Gasteiger partial charge is 0.274 e. The molecule has 8 nitrogen and oxygen atoms in total. The van der Waals surface area contributed by atoms with Gasteiger partial charge in [-0.15, -0.1) is 10.2 Å². The van der Waals surface area contributed by atoms with E-state index in [1.165, 1.54) is 38.5 Å². The molecule has 0 aliphatic heterocycles. The van der Waals surface area contributed by atoms with Crippen molar-refractivity contribution in [3.8, 4) is 22.5 Å². The molecule has 1 saturated carbocycles. The molecular formula is C28H35N7O. The Hall–Kier alpha value is -3.55. The number of aromatic amines is 1. The maximum atomic E-state index is 13.5. The molecule has 0 atom stereocenters. The van der Waals surface area contributed by atoms with E-state index in [0.717, 1.165) is 53.8 Å². The van der Waals surface area contributed by atoms with Crippen LogP contribution in [-0.2, 0) is 13.0 Å². The number of tetrazole rings is 1. The van der Waals surface area contributed by atoms with Gasteiger partial charge in [-0.05, 0) is 41.2 Å². The van der Waals surface area contributed by atoms with Crippen molar-refractivity contribution in [2.45, 2.75) is 83.7 Å². The van der Waals surface area contributed by atoms with E-state index in [-0.39, 0.29) is 11.7 Å². The van der Waals surface area contributed by atoms with Gasteiger partial charge in [0, 0.05) is 12.0 Å². The number of hydrogen-bond acceptors (Lipinski definition) is 5. The molecule has 188 valence electrons. The first-order valence-corrected chi connectivity index (χ1v) is 13.3. The quantitative estimate of drug-likeness (QED) is 0.296. The van der Waals surface area contributed by atoms with Gasteiger partial charge in [-0.1, -0.05) is 94.0 Å². The van der Waals surface area contributed by atoms with Crippen molar-refractivity contribution < 1.29 is 0 Å². The molecule has 0 spiro atoms. The lowest BCUT2D eigenvalue weighted by Crippen LogP contribution is -2.30. The molecule has 1 fully saturated rings. The summed E-state index contributed by atoms with van der Waals surface area (Å²) >= 11 is 0. The standard InChI is InChI=1S/C28H35N7O/c1-2-3-4-8-15-26-31-35(23-11-6-5-7-12-23)28(36)34(26)20-21-16-18-22(19-17-21)24-13-9-10-14-25(24)27-29-32-33-30-27/h9-10,13-14,16-19,23H,2-8,11-12,15,20H2,1H3,(H,29,30,32,33). The summed E-state index contributed by atoms with van der Waals surface area (Å²) in [6.07, 6.45) is 11.3. The number of hydrogen-bond donors (Lipinski definition) is 1. The third kappa shape index (κ3) is 5.32. The molecule has 0 bridgehead atoms. The normalized spacial score (nSPS) is 14.4. The van der Waals surface area contributed by atoms with Gasteiger partial charge in [0.25, 0.3) is 0 Å². The fraction of sp³-hybridized carbons (Fsp3) is 0.464.